The molecule has 0 saturated heterocycles. The van der Waals surface area contributed by atoms with Crippen LogP contribution in [-0.2, 0) is 25.8 Å². The van der Waals surface area contributed by atoms with Crippen molar-refractivity contribution in [2.75, 3.05) is 18.1 Å². The van der Waals surface area contributed by atoms with Crippen LogP contribution < -0.4 is 10.1 Å². The minimum atomic E-state index is -3.29. The third-order valence-corrected chi connectivity index (χ3v) is 5.24. The van der Waals surface area contributed by atoms with Gasteiger partial charge in [0.2, 0.25) is 0 Å². The summed E-state index contributed by atoms with van der Waals surface area (Å²) in [5.74, 6) is -1.67. The van der Waals surface area contributed by atoms with Gasteiger partial charge in [0.25, 0.3) is 5.91 Å². The summed E-state index contributed by atoms with van der Waals surface area (Å²) in [6.07, 6.45) is 0.563. The van der Waals surface area contributed by atoms with E-state index < -0.39 is 27.8 Å². The highest BCUT2D eigenvalue weighted by molar-refractivity contribution is 7.91. The average molecular weight is 357 g/mol. The molecule has 1 aromatic carbocycles. The molecule has 24 heavy (non-hydrogen) atoms. The molecule has 134 valence electrons. The van der Waals surface area contributed by atoms with Crippen molar-refractivity contribution in [1.29, 1.82) is 0 Å². The Morgan fingerprint density at radius 1 is 1.25 bits per heavy atom. The van der Waals surface area contributed by atoms with Gasteiger partial charge in [-0.3, -0.25) is 4.79 Å². The molecule has 0 fully saturated rings. The Balaban J connectivity index is 2.58. The molecule has 0 heterocycles. The van der Waals surface area contributed by atoms with Crippen LogP contribution in [0.15, 0.2) is 24.3 Å². The number of aliphatic carboxylic acids is 1. The number of carboxylic acid groups (broad SMARTS) is 1. The second kappa shape index (κ2) is 9.27. The van der Waals surface area contributed by atoms with Crippen LogP contribution in [0, 0.1) is 0 Å². The molecule has 0 aliphatic carbocycles. The van der Waals surface area contributed by atoms with E-state index in [9.17, 15) is 18.0 Å². The largest absolute Gasteiger partial charge is 0.483 e. The summed E-state index contributed by atoms with van der Waals surface area (Å²) in [7, 11) is -3.29. The Morgan fingerprint density at radius 2 is 1.92 bits per heavy atom. The topological polar surface area (TPSA) is 110 Å². The monoisotopic (exact) mass is 357 g/mol. The van der Waals surface area contributed by atoms with Crippen molar-refractivity contribution in [2.24, 2.45) is 0 Å². The molecular formula is C16H23NO6S. The smallest absolute Gasteiger partial charge is 0.326 e. The van der Waals surface area contributed by atoms with Gasteiger partial charge in [-0.05, 0) is 24.5 Å². The molecule has 0 saturated carbocycles. The number of hydrogen-bond acceptors (Lipinski definition) is 5. The number of aryl methyl sites for hydroxylation is 1. The highest BCUT2D eigenvalue weighted by Gasteiger charge is 2.22. The maximum absolute atomic E-state index is 11.9. The van der Waals surface area contributed by atoms with Crippen LogP contribution >= 0.6 is 0 Å². The summed E-state index contributed by atoms with van der Waals surface area (Å²) in [5, 5.41) is 11.4. The van der Waals surface area contributed by atoms with Crippen LogP contribution in [0.1, 0.15) is 25.8 Å². The molecule has 0 aromatic heterocycles. The van der Waals surface area contributed by atoms with E-state index >= 15 is 0 Å². The summed E-state index contributed by atoms with van der Waals surface area (Å²) < 4.78 is 28.3. The summed E-state index contributed by atoms with van der Waals surface area (Å²) >= 11 is 0. The molecule has 0 bridgehead atoms. The highest BCUT2D eigenvalue weighted by Crippen LogP contribution is 2.17. The standard InChI is InChI=1S/C16H23NO6S/c1-3-12-7-5-6-8-14(12)23-11-15(18)17-13(16(19)20)9-10-24(21,22)4-2/h5-8,13H,3-4,9-11H2,1-2H3,(H,17,18)(H,19,20). The van der Waals surface area contributed by atoms with Gasteiger partial charge in [0, 0.05) is 5.75 Å². The van der Waals surface area contributed by atoms with Gasteiger partial charge >= 0.3 is 5.97 Å². The summed E-state index contributed by atoms with van der Waals surface area (Å²) in [6.45, 7) is 3.11. The Bertz CT molecular complexity index is 671. The van der Waals surface area contributed by atoms with E-state index in [1.807, 2.05) is 19.1 Å². The van der Waals surface area contributed by atoms with Gasteiger partial charge in [0.15, 0.2) is 6.61 Å². The lowest BCUT2D eigenvalue weighted by Crippen LogP contribution is -2.44. The number of ether oxygens (including phenoxy) is 1. The highest BCUT2D eigenvalue weighted by atomic mass is 32.2. The minimum absolute atomic E-state index is 0.0653. The van der Waals surface area contributed by atoms with Crippen molar-refractivity contribution in [3.05, 3.63) is 29.8 Å². The van der Waals surface area contributed by atoms with Crippen LogP contribution in [-0.4, -0.2) is 49.6 Å². The van der Waals surface area contributed by atoms with Gasteiger partial charge in [-0.1, -0.05) is 32.0 Å². The van der Waals surface area contributed by atoms with E-state index in [0.29, 0.717) is 5.75 Å². The molecule has 1 aromatic rings. The number of rotatable bonds is 10. The Morgan fingerprint density at radius 3 is 2.50 bits per heavy atom. The molecule has 7 nitrogen and oxygen atoms in total. The van der Waals surface area contributed by atoms with Crippen molar-refractivity contribution < 1.29 is 27.9 Å². The predicted molar refractivity (Wildman–Crippen MR) is 89.8 cm³/mol. The van der Waals surface area contributed by atoms with Gasteiger partial charge in [0.1, 0.15) is 21.6 Å². The minimum Gasteiger partial charge on any atom is -0.483 e. The fraction of sp³-hybridized carbons (Fsp3) is 0.500. The third kappa shape index (κ3) is 6.57. The molecule has 0 aliphatic heterocycles. The van der Waals surface area contributed by atoms with Gasteiger partial charge in [-0.2, -0.15) is 0 Å². The van der Waals surface area contributed by atoms with Crippen molar-refractivity contribution in [3.63, 3.8) is 0 Å². The fourth-order valence-electron chi connectivity index (χ4n) is 2.02. The predicted octanol–water partition coefficient (Wildman–Crippen LogP) is 1.02. The van der Waals surface area contributed by atoms with Gasteiger partial charge in [-0.15, -0.1) is 0 Å². The number of hydrogen-bond donors (Lipinski definition) is 2. The number of para-hydroxylation sites is 1. The Kier molecular flexibility index (Phi) is 7.70. The van der Waals surface area contributed by atoms with E-state index in [4.69, 9.17) is 9.84 Å². The van der Waals surface area contributed by atoms with Crippen LogP contribution in [0.2, 0.25) is 0 Å². The zero-order chi connectivity index (χ0) is 18.2. The maximum Gasteiger partial charge on any atom is 0.326 e. The molecule has 2 N–H and O–H groups in total. The first-order valence-electron chi connectivity index (χ1n) is 7.72. The second-order valence-electron chi connectivity index (χ2n) is 5.23. The summed E-state index contributed by atoms with van der Waals surface area (Å²) in [4.78, 5) is 23.0. The molecule has 1 unspecified atom stereocenters. The van der Waals surface area contributed by atoms with E-state index in [2.05, 4.69) is 5.32 Å². The zero-order valence-corrected chi connectivity index (χ0v) is 14.6. The van der Waals surface area contributed by atoms with E-state index in [-0.39, 0.29) is 24.5 Å². The molecule has 1 atom stereocenters. The molecule has 0 radical (unpaired) electrons. The quantitative estimate of drug-likeness (QED) is 0.647. The first-order valence-corrected chi connectivity index (χ1v) is 9.54. The van der Waals surface area contributed by atoms with Gasteiger partial charge in [0.05, 0.1) is 5.75 Å². The van der Waals surface area contributed by atoms with E-state index in [1.54, 1.807) is 12.1 Å². The van der Waals surface area contributed by atoms with Gasteiger partial charge < -0.3 is 15.2 Å². The maximum atomic E-state index is 11.9. The number of benzene rings is 1. The van der Waals surface area contributed by atoms with Crippen molar-refractivity contribution in [3.8, 4) is 5.75 Å². The SMILES string of the molecule is CCc1ccccc1OCC(=O)NC(CCS(=O)(=O)CC)C(=O)O. The lowest BCUT2D eigenvalue weighted by atomic mass is 10.1. The van der Waals surface area contributed by atoms with E-state index in [0.717, 1.165) is 12.0 Å². The lowest BCUT2D eigenvalue weighted by molar-refractivity contribution is -0.142. The zero-order valence-electron chi connectivity index (χ0n) is 13.8. The normalized spacial score (nSPS) is 12.4. The number of carbonyl (C=O) groups excluding carboxylic acids is 1. The first-order chi connectivity index (χ1) is 11.3. The molecular weight excluding hydrogens is 334 g/mol. The molecule has 1 amide bonds. The van der Waals surface area contributed by atoms with Crippen molar-refractivity contribution >= 4 is 21.7 Å². The molecule has 0 spiro atoms. The summed E-state index contributed by atoms with van der Waals surface area (Å²) in [6, 6.07) is 5.99. The van der Waals surface area contributed by atoms with Crippen molar-refractivity contribution in [1.82, 2.24) is 5.32 Å². The van der Waals surface area contributed by atoms with Crippen LogP contribution in [0.4, 0.5) is 0 Å². The molecule has 8 heteroatoms. The van der Waals surface area contributed by atoms with Gasteiger partial charge in [-0.25, -0.2) is 13.2 Å². The Hall–Kier alpha value is -2.09. The molecule has 1 rings (SSSR count). The number of nitrogens with one attached hydrogen (secondary N) is 1. The number of carboxylic acids is 1. The molecule has 0 aliphatic rings. The lowest BCUT2D eigenvalue weighted by Gasteiger charge is -2.15. The number of amides is 1. The number of carbonyl (C=O) groups is 2. The average Bonchev–Trinajstić information content (AvgIpc) is 2.56. The van der Waals surface area contributed by atoms with E-state index in [1.165, 1.54) is 6.92 Å². The van der Waals surface area contributed by atoms with Crippen molar-refractivity contribution in [2.45, 2.75) is 32.7 Å². The second-order valence-corrected chi connectivity index (χ2v) is 7.71. The van der Waals surface area contributed by atoms with Crippen LogP contribution in [0.25, 0.3) is 0 Å². The first kappa shape index (κ1) is 20.0. The number of sulfone groups is 1. The fourth-order valence-corrected chi connectivity index (χ4v) is 2.90. The third-order valence-electron chi connectivity index (χ3n) is 3.50. The van der Waals surface area contributed by atoms with Crippen LogP contribution in [0.5, 0.6) is 5.75 Å². The van der Waals surface area contributed by atoms with Crippen LogP contribution in [0.3, 0.4) is 0 Å². The Labute approximate surface area is 141 Å². The summed E-state index contributed by atoms with van der Waals surface area (Å²) in [5.41, 5.74) is 0.939.